The molecule has 0 amide bonds. The minimum Gasteiger partial charge on any atom is -0.433 e. The van der Waals surface area contributed by atoms with Gasteiger partial charge in [0.25, 0.3) is 0 Å². The van der Waals surface area contributed by atoms with Crippen LogP contribution in [0.25, 0.3) is 0 Å². The molecule has 74 valence electrons. The van der Waals surface area contributed by atoms with Crippen molar-refractivity contribution in [2.45, 2.75) is 6.61 Å². The molecule has 1 rings (SSSR count). The molecule has 0 bridgehead atoms. The van der Waals surface area contributed by atoms with Crippen molar-refractivity contribution >= 4 is 17.3 Å². The first-order chi connectivity index (χ1) is 6.54. The molecule has 0 atom stereocenters. The summed E-state index contributed by atoms with van der Waals surface area (Å²) in [7, 11) is 0. The Labute approximate surface area is 83.6 Å². The zero-order valence-corrected chi connectivity index (χ0v) is 7.55. The number of nitrogens with two attached hydrogens (primary N) is 1. The summed E-state index contributed by atoms with van der Waals surface area (Å²) in [6.07, 6.45) is 0. The van der Waals surface area contributed by atoms with Crippen LogP contribution >= 0.6 is 11.6 Å². The molecular formula is C8H5ClF2N2O. The van der Waals surface area contributed by atoms with E-state index in [2.05, 4.69) is 4.74 Å². The number of nitrogens with zero attached hydrogens (tertiary/aromatic N) is 1. The van der Waals surface area contributed by atoms with Crippen LogP contribution in [0.2, 0.25) is 5.02 Å². The fraction of sp³-hybridized carbons (Fsp3) is 0.125. The van der Waals surface area contributed by atoms with Crippen molar-refractivity contribution in [2.24, 2.45) is 0 Å². The lowest BCUT2D eigenvalue weighted by atomic mass is 10.2. The van der Waals surface area contributed by atoms with Crippen molar-refractivity contribution in [2.75, 3.05) is 5.73 Å². The van der Waals surface area contributed by atoms with Gasteiger partial charge < -0.3 is 10.5 Å². The summed E-state index contributed by atoms with van der Waals surface area (Å²) in [5, 5.41) is 8.64. The summed E-state index contributed by atoms with van der Waals surface area (Å²) in [4.78, 5) is 0. The van der Waals surface area contributed by atoms with Gasteiger partial charge in [0.1, 0.15) is 11.8 Å². The van der Waals surface area contributed by atoms with Crippen LogP contribution in [0, 0.1) is 11.3 Å². The van der Waals surface area contributed by atoms with Crippen LogP contribution in [0.3, 0.4) is 0 Å². The highest BCUT2D eigenvalue weighted by molar-refractivity contribution is 6.33. The molecule has 0 aromatic heterocycles. The lowest BCUT2D eigenvalue weighted by Gasteiger charge is -2.07. The number of rotatable bonds is 2. The molecule has 1 aromatic carbocycles. The van der Waals surface area contributed by atoms with Crippen LogP contribution in [0.5, 0.6) is 5.75 Å². The molecule has 0 saturated carbocycles. The Morgan fingerprint density at radius 3 is 2.64 bits per heavy atom. The summed E-state index contributed by atoms with van der Waals surface area (Å²) in [6, 6.07) is 3.94. The fourth-order valence-corrected chi connectivity index (χ4v) is 1.01. The number of nitrogen functional groups attached to an aromatic ring is 1. The molecule has 0 aliphatic carbocycles. The Bertz CT molecular complexity index is 390. The van der Waals surface area contributed by atoms with E-state index in [4.69, 9.17) is 22.6 Å². The quantitative estimate of drug-likeness (QED) is 0.776. The number of alkyl halides is 2. The zero-order valence-electron chi connectivity index (χ0n) is 6.80. The second-order valence-corrected chi connectivity index (χ2v) is 2.77. The van der Waals surface area contributed by atoms with Gasteiger partial charge >= 0.3 is 6.61 Å². The Morgan fingerprint density at radius 2 is 2.14 bits per heavy atom. The summed E-state index contributed by atoms with van der Waals surface area (Å²) in [5.74, 6) is -0.276. The third-order valence-corrected chi connectivity index (χ3v) is 1.76. The molecule has 1 aromatic rings. The topological polar surface area (TPSA) is 59.0 Å². The summed E-state index contributed by atoms with van der Waals surface area (Å²) >= 11 is 5.57. The second-order valence-electron chi connectivity index (χ2n) is 2.36. The van der Waals surface area contributed by atoms with E-state index in [1.807, 2.05) is 0 Å². The fourth-order valence-electron chi connectivity index (χ4n) is 0.853. The number of hydrogen-bond acceptors (Lipinski definition) is 3. The van der Waals surface area contributed by atoms with Gasteiger partial charge in [0.15, 0.2) is 0 Å². The first-order valence-corrected chi connectivity index (χ1v) is 3.86. The number of anilines is 1. The van der Waals surface area contributed by atoms with E-state index < -0.39 is 6.61 Å². The van der Waals surface area contributed by atoms with Crippen LogP contribution in [-0.4, -0.2) is 6.61 Å². The van der Waals surface area contributed by atoms with Gasteiger partial charge in [-0.15, -0.1) is 0 Å². The molecule has 0 unspecified atom stereocenters. The van der Waals surface area contributed by atoms with Crippen molar-refractivity contribution in [3.8, 4) is 11.8 Å². The number of hydrogen-bond donors (Lipinski definition) is 1. The minimum atomic E-state index is -3.00. The van der Waals surface area contributed by atoms with E-state index >= 15 is 0 Å². The predicted molar refractivity (Wildman–Crippen MR) is 47.2 cm³/mol. The molecule has 6 heteroatoms. The SMILES string of the molecule is N#Cc1cc(N)c(Cl)cc1OC(F)F. The summed E-state index contributed by atoms with van der Waals surface area (Å²) in [5.41, 5.74) is 5.44. The van der Waals surface area contributed by atoms with Crippen LogP contribution in [0.4, 0.5) is 14.5 Å². The van der Waals surface area contributed by atoms with Crippen LogP contribution in [-0.2, 0) is 0 Å². The van der Waals surface area contributed by atoms with Gasteiger partial charge in [-0.05, 0) is 6.07 Å². The monoisotopic (exact) mass is 218 g/mol. The highest BCUT2D eigenvalue weighted by atomic mass is 35.5. The molecule has 0 aliphatic rings. The summed E-state index contributed by atoms with van der Waals surface area (Å²) < 4.78 is 27.8. The highest BCUT2D eigenvalue weighted by Crippen LogP contribution is 2.29. The minimum absolute atomic E-state index is 0.0691. The summed E-state index contributed by atoms with van der Waals surface area (Å²) in [6.45, 7) is -3.00. The number of halogens is 3. The molecule has 0 radical (unpaired) electrons. The predicted octanol–water partition coefficient (Wildman–Crippen LogP) is 2.40. The molecule has 14 heavy (non-hydrogen) atoms. The third kappa shape index (κ3) is 2.24. The Hall–Kier alpha value is -1.54. The molecule has 2 N–H and O–H groups in total. The second kappa shape index (κ2) is 4.11. The van der Waals surface area contributed by atoms with Gasteiger partial charge in [-0.1, -0.05) is 11.6 Å². The lowest BCUT2D eigenvalue weighted by molar-refractivity contribution is -0.0500. The first kappa shape index (κ1) is 10.5. The number of benzene rings is 1. The Kier molecular flexibility index (Phi) is 3.10. The highest BCUT2D eigenvalue weighted by Gasteiger charge is 2.11. The maximum Gasteiger partial charge on any atom is 0.387 e. The molecular weight excluding hydrogens is 214 g/mol. The smallest absolute Gasteiger partial charge is 0.387 e. The number of nitriles is 1. The largest absolute Gasteiger partial charge is 0.433 e. The average Bonchev–Trinajstić information content (AvgIpc) is 2.10. The van der Waals surface area contributed by atoms with Gasteiger partial charge in [-0.2, -0.15) is 14.0 Å². The van der Waals surface area contributed by atoms with E-state index in [-0.39, 0.29) is 22.0 Å². The van der Waals surface area contributed by atoms with Gasteiger partial charge in [0.05, 0.1) is 16.3 Å². The standard InChI is InChI=1S/C8H5ClF2N2O/c9-5-2-7(14-8(10)11)4(3-12)1-6(5)13/h1-2,8H,13H2. The van der Waals surface area contributed by atoms with Crippen molar-refractivity contribution in [1.29, 1.82) is 5.26 Å². The molecule has 0 fully saturated rings. The zero-order chi connectivity index (χ0) is 10.7. The van der Waals surface area contributed by atoms with E-state index in [0.29, 0.717) is 0 Å². The molecule has 0 saturated heterocycles. The maximum atomic E-state index is 11.9. The normalized spacial score (nSPS) is 9.93. The first-order valence-electron chi connectivity index (χ1n) is 3.48. The van der Waals surface area contributed by atoms with Gasteiger partial charge in [0, 0.05) is 6.07 Å². The third-order valence-electron chi connectivity index (χ3n) is 1.44. The van der Waals surface area contributed by atoms with Crippen molar-refractivity contribution in [3.63, 3.8) is 0 Å². The van der Waals surface area contributed by atoms with Crippen molar-refractivity contribution in [1.82, 2.24) is 0 Å². The van der Waals surface area contributed by atoms with E-state index in [9.17, 15) is 8.78 Å². The molecule has 3 nitrogen and oxygen atoms in total. The van der Waals surface area contributed by atoms with Crippen LogP contribution < -0.4 is 10.5 Å². The number of ether oxygens (including phenoxy) is 1. The van der Waals surface area contributed by atoms with Crippen LogP contribution in [0.1, 0.15) is 5.56 Å². The van der Waals surface area contributed by atoms with Crippen LogP contribution in [0.15, 0.2) is 12.1 Å². The average molecular weight is 219 g/mol. The molecule has 0 spiro atoms. The Morgan fingerprint density at radius 1 is 1.50 bits per heavy atom. The van der Waals surface area contributed by atoms with Crippen molar-refractivity contribution in [3.05, 3.63) is 22.7 Å². The molecule has 0 aliphatic heterocycles. The Balaban J connectivity index is 3.15. The van der Waals surface area contributed by atoms with E-state index in [0.717, 1.165) is 6.07 Å². The molecule has 0 heterocycles. The van der Waals surface area contributed by atoms with Gasteiger partial charge in [-0.3, -0.25) is 0 Å². The van der Waals surface area contributed by atoms with Crippen molar-refractivity contribution < 1.29 is 13.5 Å². The van der Waals surface area contributed by atoms with E-state index in [1.54, 1.807) is 6.07 Å². The van der Waals surface area contributed by atoms with Gasteiger partial charge in [0.2, 0.25) is 0 Å². The van der Waals surface area contributed by atoms with E-state index in [1.165, 1.54) is 6.07 Å². The maximum absolute atomic E-state index is 11.9. The van der Waals surface area contributed by atoms with Gasteiger partial charge in [-0.25, -0.2) is 0 Å². The lowest BCUT2D eigenvalue weighted by Crippen LogP contribution is -2.04.